The molecule has 6 nitrogen and oxygen atoms in total. The topological polar surface area (TPSA) is 76.7 Å². The predicted octanol–water partition coefficient (Wildman–Crippen LogP) is 1.44. The van der Waals surface area contributed by atoms with E-state index in [2.05, 4.69) is 10.6 Å². The van der Waals surface area contributed by atoms with Crippen molar-refractivity contribution in [3.8, 4) is 0 Å². The van der Waals surface area contributed by atoms with Gasteiger partial charge >= 0.3 is 12.1 Å². The van der Waals surface area contributed by atoms with E-state index < -0.39 is 23.2 Å². The molecular formula is C14H26N2O4. The average Bonchev–Trinajstić information content (AvgIpc) is 2.49. The maximum absolute atomic E-state index is 12.2. The maximum Gasteiger partial charge on any atom is 0.408 e. The second kappa shape index (κ2) is 6.43. The lowest BCUT2D eigenvalue weighted by Crippen LogP contribution is -2.60. The molecular weight excluding hydrogens is 260 g/mol. The molecule has 1 aliphatic rings. The van der Waals surface area contributed by atoms with Crippen LogP contribution in [-0.2, 0) is 14.3 Å². The number of esters is 1. The Hall–Kier alpha value is -1.30. The maximum atomic E-state index is 12.2. The van der Waals surface area contributed by atoms with Crippen LogP contribution in [0.5, 0.6) is 0 Å². The minimum absolute atomic E-state index is 0.0787. The molecule has 0 unspecified atom stereocenters. The first-order valence-electron chi connectivity index (χ1n) is 7.01. The Kier molecular flexibility index (Phi) is 5.39. The molecule has 0 spiro atoms. The Balaban J connectivity index is 2.93. The molecule has 2 N–H and O–H groups in total. The summed E-state index contributed by atoms with van der Waals surface area (Å²) in [5.41, 5.74) is -1.63. The van der Waals surface area contributed by atoms with Crippen molar-refractivity contribution in [3.63, 3.8) is 0 Å². The summed E-state index contributed by atoms with van der Waals surface area (Å²) in [6.45, 7) is 8.75. The van der Waals surface area contributed by atoms with Crippen LogP contribution in [0.25, 0.3) is 0 Å². The van der Waals surface area contributed by atoms with Gasteiger partial charge in [0.2, 0.25) is 0 Å². The number of ether oxygens (including phenoxy) is 2. The van der Waals surface area contributed by atoms with Crippen LogP contribution < -0.4 is 10.6 Å². The van der Waals surface area contributed by atoms with Gasteiger partial charge < -0.3 is 20.1 Å². The minimum atomic E-state index is -1.03. The standard InChI is InChI=1S/C14H26N2O4/c1-10-9-15-8-6-7-14(10,11(17)19-5)16-12(18)20-13(2,3)4/h10,15H,6-9H2,1-5H3,(H,16,18)/t10-,14+/m1/s1. The molecule has 1 heterocycles. The Morgan fingerprint density at radius 3 is 2.55 bits per heavy atom. The third kappa shape index (κ3) is 4.10. The fraction of sp³-hybridized carbons (Fsp3) is 0.857. The molecule has 0 radical (unpaired) electrons. The van der Waals surface area contributed by atoms with Gasteiger partial charge in [-0.1, -0.05) is 6.92 Å². The van der Waals surface area contributed by atoms with Crippen molar-refractivity contribution in [2.75, 3.05) is 20.2 Å². The Morgan fingerprint density at radius 2 is 2.00 bits per heavy atom. The van der Waals surface area contributed by atoms with Gasteiger partial charge in [0, 0.05) is 12.5 Å². The fourth-order valence-corrected chi connectivity index (χ4v) is 2.44. The SMILES string of the molecule is COC(=O)[C@]1(NC(=O)OC(C)(C)C)CCCNC[C@H]1C. The van der Waals surface area contributed by atoms with E-state index in [1.807, 2.05) is 6.92 Å². The predicted molar refractivity (Wildman–Crippen MR) is 75.4 cm³/mol. The van der Waals surface area contributed by atoms with Crippen molar-refractivity contribution in [1.29, 1.82) is 0 Å². The molecule has 1 fully saturated rings. The van der Waals surface area contributed by atoms with Crippen LogP contribution in [0, 0.1) is 5.92 Å². The van der Waals surface area contributed by atoms with Crippen molar-refractivity contribution in [3.05, 3.63) is 0 Å². The van der Waals surface area contributed by atoms with Gasteiger partial charge in [0.15, 0.2) is 0 Å². The number of carbonyl (C=O) groups excluding carboxylic acids is 2. The Bertz CT molecular complexity index is 365. The first kappa shape index (κ1) is 16.8. The summed E-state index contributed by atoms with van der Waals surface area (Å²) in [5, 5.41) is 6.01. The molecule has 0 aromatic carbocycles. The van der Waals surface area contributed by atoms with Crippen LogP contribution in [-0.4, -0.2) is 43.4 Å². The molecule has 20 heavy (non-hydrogen) atoms. The highest BCUT2D eigenvalue weighted by molar-refractivity contribution is 5.86. The lowest BCUT2D eigenvalue weighted by Gasteiger charge is -2.36. The van der Waals surface area contributed by atoms with Gasteiger partial charge in [-0.25, -0.2) is 9.59 Å². The van der Waals surface area contributed by atoms with E-state index in [-0.39, 0.29) is 5.92 Å². The number of methoxy groups -OCH3 is 1. The second-order valence-corrected chi connectivity index (χ2v) is 6.30. The van der Waals surface area contributed by atoms with E-state index in [1.54, 1.807) is 20.8 Å². The minimum Gasteiger partial charge on any atom is -0.467 e. The third-order valence-electron chi connectivity index (χ3n) is 3.49. The highest BCUT2D eigenvalue weighted by atomic mass is 16.6. The Labute approximate surface area is 120 Å². The van der Waals surface area contributed by atoms with Crippen LogP contribution in [0.1, 0.15) is 40.5 Å². The van der Waals surface area contributed by atoms with Crippen molar-refractivity contribution in [2.45, 2.75) is 51.7 Å². The summed E-state index contributed by atoms with van der Waals surface area (Å²) in [5.74, 6) is -0.496. The van der Waals surface area contributed by atoms with Gasteiger partial charge in [-0.15, -0.1) is 0 Å². The van der Waals surface area contributed by atoms with Crippen LogP contribution in [0.15, 0.2) is 0 Å². The number of hydrogen-bond donors (Lipinski definition) is 2. The summed E-state index contributed by atoms with van der Waals surface area (Å²) in [4.78, 5) is 24.3. The van der Waals surface area contributed by atoms with Crippen LogP contribution >= 0.6 is 0 Å². The normalized spacial score (nSPS) is 27.4. The quantitative estimate of drug-likeness (QED) is 0.751. The number of hydrogen-bond acceptors (Lipinski definition) is 5. The summed E-state index contributed by atoms with van der Waals surface area (Å²) >= 11 is 0. The number of amides is 1. The van der Waals surface area contributed by atoms with Crippen LogP contribution in [0.2, 0.25) is 0 Å². The van der Waals surface area contributed by atoms with Gasteiger partial charge in [0.25, 0.3) is 0 Å². The monoisotopic (exact) mass is 286 g/mol. The molecule has 1 saturated heterocycles. The smallest absolute Gasteiger partial charge is 0.408 e. The fourth-order valence-electron chi connectivity index (χ4n) is 2.44. The Morgan fingerprint density at radius 1 is 1.35 bits per heavy atom. The van der Waals surface area contributed by atoms with E-state index in [0.29, 0.717) is 13.0 Å². The largest absolute Gasteiger partial charge is 0.467 e. The first-order valence-corrected chi connectivity index (χ1v) is 7.01. The van der Waals surface area contributed by atoms with Crippen molar-refractivity contribution in [2.24, 2.45) is 5.92 Å². The van der Waals surface area contributed by atoms with E-state index in [0.717, 1.165) is 13.0 Å². The second-order valence-electron chi connectivity index (χ2n) is 6.30. The zero-order valence-corrected chi connectivity index (χ0v) is 13.0. The van der Waals surface area contributed by atoms with Crippen molar-refractivity contribution >= 4 is 12.1 Å². The highest BCUT2D eigenvalue weighted by Gasteiger charge is 2.47. The number of nitrogens with one attached hydrogen (secondary N) is 2. The van der Waals surface area contributed by atoms with E-state index in [9.17, 15) is 9.59 Å². The van der Waals surface area contributed by atoms with Crippen LogP contribution in [0.3, 0.4) is 0 Å². The van der Waals surface area contributed by atoms with Gasteiger partial charge in [0.05, 0.1) is 7.11 Å². The lowest BCUT2D eigenvalue weighted by molar-refractivity contribution is -0.151. The zero-order chi connectivity index (χ0) is 15.4. The van der Waals surface area contributed by atoms with Gasteiger partial charge in [0.1, 0.15) is 11.1 Å². The number of alkyl carbamates (subject to hydrolysis) is 1. The van der Waals surface area contributed by atoms with Crippen molar-refractivity contribution in [1.82, 2.24) is 10.6 Å². The number of rotatable bonds is 2. The molecule has 0 aromatic heterocycles. The summed E-state index contributed by atoms with van der Waals surface area (Å²) in [6, 6.07) is 0. The van der Waals surface area contributed by atoms with Crippen LogP contribution in [0.4, 0.5) is 4.79 Å². The summed E-state index contributed by atoms with van der Waals surface area (Å²) in [7, 11) is 1.34. The number of carbonyl (C=O) groups is 2. The third-order valence-corrected chi connectivity index (χ3v) is 3.49. The van der Waals surface area contributed by atoms with E-state index in [1.165, 1.54) is 7.11 Å². The summed E-state index contributed by atoms with van der Waals surface area (Å²) in [6.07, 6.45) is 0.735. The lowest BCUT2D eigenvalue weighted by atomic mass is 9.82. The molecule has 1 rings (SSSR count). The molecule has 116 valence electrons. The molecule has 1 amide bonds. The van der Waals surface area contributed by atoms with E-state index in [4.69, 9.17) is 9.47 Å². The average molecular weight is 286 g/mol. The first-order chi connectivity index (χ1) is 9.21. The van der Waals surface area contributed by atoms with E-state index >= 15 is 0 Å². The molecule has 2 atom stereocenters. The molecule has 0 bridgehead atoms. The van der Waals surface area contributed by atoms with Gasteiger partial charge in [-0.05, 0) is 40.2 Å². The zero-order valence-electron chi connectivity index (χ0n) is 13.0. The molecule has 0 saturated carbocycles. The molecule has 0 aromatic rings. The highest BCUT2D eigenvalue weighted by Crippen LogP contribution is 2.27. The molecule has 0 aliphatic carbocycles. The van der Waals surface area contributed by atoms with Crippen molar-refractivity contribution < 1.29 is 19.1 Å². The molecule has 1 aliphatic heterocycles. The molecule has 6 heteroatoms. The summed E-state index contributed by atoms with van der Waals surface area (Å²) < 4.78 is 10.2. The van der Waals surface area contributed by atoms with Gasteiger partial charge in [-0.2, -0.15) is 0 Å². The van der Waals surface area contributed by atoms with Gasteiger partial charge in [-0.3, -0.25) is 0 Å².